The monoisotopic (exact) mass is 783 g/mol. The molecule has 10 aromatic carbocycles. The summed E-state index contributed by atoms with van der Waals surface area (Å²) in [6, 6.07) is 80.8. The third kappa shape index (κ3) is 5.28. The molecule has 0 aliphatic carbocycles. The molecule has 60 heavy (non-hydrogen) atoms. The van der Waals surface area contributed by atoms with E-state index in [1.165, 1.54) is 43.0 Å². The van der Waals surface area contributed by atoms with Crippen molar-refractivity contribution < 1.29 is 9.47 Å². The standard InChI is InChI=1S/C56H37NO2Si/c1-3-13-38(14-4-1)40-23-29-44(30-24-40)57(45-31-25-41(26-32-45)39-15-5-2-6-16-39)46-33-36-52-50(37-46)58-49-21-11-12-22-51(49)60(52)53-34-27-42-17-7-9-19-47(42)55(53)59-56-48-20-10-8-18-43(48)28-35-54(56)60/h1-37H. The summed E-state index contributed by atoms with van der Waals surface area (Å²) >= 11 is 0. The number of nitrogens with zero attached hydrogens (tertiary/aromatic N) is 1. The molecule has 2 aliphatic rings. The number of rotatable bonds is 5. The topological polar surface area (TPSA) is 21.7 Å². The van der Waals surface area contributed by atoms with Gasteiger partial charge in [-0.3, -0.25) is 0 Å². The smallest absolute Gasteiger partial charge is 0.196 e. The fraction of sp³-hybridized carbons (Fsp3) is 0. The third-order valence-corrected chi connectivity index (χ3v) is 17.2. The van der Waals surface area contributed by atoms with Crippen molar-refractivity contribution in [1.29, 1.82) is 0 Å². The zero-order valence-corrected chi connectivity index (χ0v) is 33.6. The van der Waals surface area contributed by atoms with Crippen molar-refractivity contribution in [2.45, 2.75) is 0 Å². The van der Waals surface area contributed by atoms with Gasteiger partial charge in [-0.2, -0.15) is 0 Å². The van der Waals surface area contributed by atoms with Gasteiger partial charge in [0.25, 0.3) is 0 Å². The van der Waals surface area contributed by atoms with E-state index in [9.17, 15) is 0 Å². The van der Waals surface area contributed by atoms with Crippen molar-refractivity contribution in [1.82, 2.24) is 0 Å². The Morgan fingerprint density at radius 2 is 0.733 bits per heavy atom. The summed E-state index contributed by atoms with van der Waals surface area (Å²) in [5.74, 6) is 3.63. The SMILES string of the molecule is c1ccc(-c2ccc(N(c3ccc(-c4ccccc4)cc3)c3ccc4c(c3)Oc3ccccc3[Si]43c4ccc5ccccc5c4Oc4c3ccc3ccccc43)cc2)cc1. The first-order chi connectivity index (χ1) is 29.7. The van der Waals surface area contributed by atoms with Crippen LogP contribution < -0.4 is 35.1 Å². The number of anilines is 3. The summed E-state index contributed by atoms with van der Waals surface area (Å²) in [5, 5.41) is 9.46. The molecule has 0 unspecified atom stereocenters. The van der Waals surface area contributed by atoms with E-state index in [2.05, 4.69) is 229 Å². The molecule has 10 aromatic rings. The van der Waals surface area contributed by atoms with Gasteiger partial charge in [0.05, 0.1) is 0 Å². The largest absolute Gasteiger partial charge is 0.457 e. The van der Waals surface area contributed by atoms with Gasteiger partial charge < -0.3 is 14.4 Å². The van der Waals surface area contributed by atoms with E-state index in [0.29, 0.717) is 0 Å². The van der Waals surface area contributed by atoms with Crippen LogP contribution in [-0.4, -0.2) is 8.07 Å². The average Bonchev–Trinajstić information content (AvgIpc) is 3.32. The highest BCUT2D eigenvalue weighted by Crippen LogP contribution is 2.44. The third-order valence-electron chi connectivity index (χ3n) is 12.4. The molecular weight excluding hydrogens is 747 g/mol. The Balaban J connectivity index is 1.09. The number of benzene rings is 10. The molecule has 1 spiro atoms. The van der Waals surface area contributed by atoms with Crippen molar-refractivity contribution in [3.63, 3.8) is 0 Å². The molecule has 12 rings (SSSR count). The highest BCUT2D eigenvalue weighted by molar-refractivity contribution is 7.22. The maximum atomic E-state index is 7.21. The Labute approximate surface area is 350 Å². The van der Waals surface area contributed by atoms with E-state index in [-0.39, 0.29) is 0 Å². The number of fused-ring (bicyclic) bond motifs is 12. The van der Waals surface area contributed by atoms with E-state index < -0.39 is 8.07 Å². The maximum absolute atomic E-state index is 7.21. The zero-order chi connectivity index (χ0) is 39.6. The van der Waals surface area contributed by atoms with Crippen LogP contribution in [0.15, 0.2) is 224 Å². The van der Waals surface area contributed by atoms with Crippen LogP contribution in [0.4, 0.5) is 17.1 Å². The molecule has 282 valence electrons. The highest BCUT2D eigenvalue weighted by Gasteiger charge is 2.53. The van der Waals surface area contributed by atoms with Crippen molar-refractivity contribution in [3.8, 4) is 45.3 Å². The second kappa shape index (κ2) is 13.7. The Morgan fingerprint density at radius 3 is 1.30 bits per heavy atom. The van der Waals surface area contributed by atoms with Crippen LogP contribution in [-0.2, 0) is 0 Å². The Bertz CT molecular complexity index is 3090. The number of para-hydroxylation sites is 1. The lowest BCUT2D eigenvalue weighted by Crippen LogP contribution is -2.77. The van der Waals surface area contributed by atoms with Crippen molar-refractivity contribution in [3.05, 3.63) is 224 Å². The molecule has 4 heteroatoms. The van der Waals surface area contributed by atoms with Crippen LogP contribution in [0.3, 0.4) is 0 Å². The van der Waals surface area contributed by atoms with Crippen LogP contribution in [0, 0.1) is 0 Å². The van der Waals surface area contributed by atoms with Gasteiger partial charge in [-0.25, -0.2) is 0 Å². The zero-order valence-electron chi connectivity index (χ0n) is 32.6. The lowest BCUT2D eigenvalue weighted by atomic mass is 10.0. The van der Waals surface area contributed by atoms with Crippen LogP contribution in [0.25, 0.3) is 43.8 Å². The quantitative estimate of drug-likeness (QED) is 0.162. The normalized spacial score (nSPS) is 13.1. The van der Waals surface area contributed by atoms with Gasteiger partial charge in [-0.05, 0) is 90.2 Å². The van der Waals surface area contributed by atoms with E-state index in [1.54, 1.807) is 0 Å². The summed E-state index contributed by atoms with van der Waals surface area (Å²) in [6.45, 7) is 0. The lowest BCUT2D eigenvalue weighted by Gasteiger charge is -2.44. The second-order valence-electron chi connectivity index (χ2n) is 15.6. The minimum atomic E-state index is -3.06. The highest BCUT2D eigenvalue weighted by atomic mass is 28.3. The maximum Gasteiger partial charge on any atom is 0.196 e. The first-order valence-electron chi connectivity index (χ1n) is 20.5. The van der Waals surface area contributed by atoms with Crippen LogP contribution in [0.1, 0.15) is 0 Å². The second-order valence-corrected chi connectivity index (χ2v) is 19.3. The van der Waals surface area contributed by atoms with Gasteiger partial charge in [-0.1, -0.05) is 182 Å². The van der Waals surface area contributed by atoms with Crippen LogP contribution >= 0.6 is 0 Å². The average molecular weight is 784 g/mol. The first-order valence-corrected chi connectivity index (χ1v) is 22.5. The van der Waals surface area contributed by atoms with Gasteiger partial charge in [0, 0.05) is 33.9 Å². The van der Waals surface area contributed by atoms with Crippen LogP contribution in [0.2, 0.25) is 0 Å². The van der Waals surface area contributed by atoms with Gasteiger partial charge >= 0.3 is 0 Å². The lowest BCUT2D eigenvalue weighted by molar-refractivity contribution is 0.485. The van der Waals surface area contributed by atoms with Gasteiger partial charge in [0.1, 0.15) is 23.0 Å². The first kappa shape index (κ1) is 34.4. The van der Waals surface area contributed by atoms with Crippen LogP contribution in [0.5, 0.6) is 23.0 Å². The van der Waals surface area contributed by atoms with E-state index in [0.717, 1.165) is 61.6 Å². The molecule has 0 atom stereocenters. The Morgan fingerprint density at radius 1 is 0.300 bits per heavy atom. The molecule has 2 heterocycles. The van der Waals surface area contributed by atoms with E-state index >= 15 is 0 Å². The Kier molecular flexibility index (Phi) is 7.87. The summed E-state index contributed by atoms with van der Waals surface area (Å²) in [5.41, 5.74) is 7.87. The molecule has 0 radical (unpaired) electrons. The van der Waals surface area contributed by atoms with E-state index in [4.69, 9.17) is 9.47 Å². The predicted molar refractivity (Wildman–Crippen MR) is 251 cm³/mol. The van der Waals surface area contributed by atoms with Gasteiger partial charge in [-0.15, -0.1) is 0 Å². The molecule has 2 aliphatic heterocycles. The van der Waals surface area contributed by atoms with E-state index in [1.807, 2.05) is 0 Å². The molecule has 0 amide bonds. The summed E-state index contributed by atoms with van der Waals surface area (Å²) in [6.07, 6.45) is 0. The minimum absolute atomic E-state index is 0.866. The van der Waals surface area contributed by atoms with Crippen molar-refractivity contribution in [2.24, 2.45) is 0 Å². The fourth-order valence-corrected chi connectivity index (χ4v) is 14.7. The van der Waals surface area contributed by atoms with Crippen molar-refractivity contribution in [2.75, 3.05) is 4.90 Å². The number of hydrogen-bond acceptors (Lipinski definition) is 3. The van der Waals surface area contributed by atoms with Crippen molar-refractivity contribution >= 4 is 67.4 Å². The molecule has 3 nitrogen and oxygen atoms in total. The predicted octanol–water partition coefficient (Wildman–Crippen LogP) is 12.4. The summed E-state index contributed by atoms with van der Waals surface area (Å²) in [7, 11) is -3.06. The Hall–Kier alpha value is -7.66. The molecule has 0 saturated heterocycles. The number of hydrogen-bond donors (Lipinski definition) is 0. The van der Waals surface area contributed by atoms with Gasteiger partial charge in [0.2, 0.25) is 0 Å². The molecule has 0 N–H and O–H groups in total. The fourth-order valence-electron chi connectivity index (χ4n) is 9.61. The molecule has 0 aromatic heterocycles. The molecule has 0 saturated carbocycles. The minimum Gasteiger partial charge on any atom is -0.457 e. The molecule has 0 bridgehead atoms. The summed E-state index contributed by atoms with van der Waals surface area (Å²) in [4.78, 5) is 2.34. The van der Waals surface area contributed by atoms with Gasteiger partial charge in [0.15, 0.2) is 8.07 Å². The summed E-state index contributed by atoms with van der Waals surface area (Å²) < 4.78 is 14.3. The molecule has 0 fully saturated rings. The number of ether oxygens (including phenoxy) is 2. The molecular formula is C56H37NO2Si.